The standard InChI is InChI=1S/C23H28N4O3S/c1-6-30-20-10-9-18(12-21(20)29-5)13-24-22(28)14-31-23-26-25-17(4)27(23)19-11-15(2)7-8-16(19)3/h7-12H,6,13-14H2,1-5H3,(H,24,28). The number of aromatic nitrogens is 3. The molecule has 0 saturated carbocycles. The van der Waals surface area contributed by atoms with Crippen LogP contribution in [0.15, 0.2) is 41.6 Å². The highest BCUT2D eigenvalue weighted by Gasteiger charge is 2.15. The van der Waals surface area contributed by atoms with Crippen molar-refractivity contribution in [3.8, 4) is 17.2 Å². The number of hydrogen-bond donors (Lipinski definition) is 1. The van der Waals surface area contributed by atoms with Crippen molar-refractivity contribution in [1.29, 1.82) is 0 Å². The van der Waals surface area contributed by atoms with Crippen LogP contribution >= 0.6 is 11.8 Å². The highest BCUT2D eigenvalue weighted by Crippen LogP contribution is 2.28. The molecule has 2 aromatic carbocycles. The summed E-state index contributed by atoms with van der Waals surface area (Å²) in [5.41, 5.74) is 4.26. The number of carbonyl (C=O) groups excluding carboxylic acids is 1. The Morgan fingerprint density at radius 2 is 1.90 bits per heavy atom. The van der Waals surface area contributed by atoms with E-state index in [4.69, 9.17) is 9.47 Å². The average molecular weight is 441 g/mol. The zero-order valence-electron chi connectivity index (χ0n) is 18.6. The van der Waals surface area contributed by atoms with Crippen LogP contribution in [0.25, 0.3) is 5.69 Å². The second-order valence-corrected chi connectivity index (χ2v) is 8.08. The molecule has 1 aromatic heterocycles. The first-order chi connectivity index (χ1) is 14.9. The number of benzene rings is 2. The van der Waals surface area contributed by atoms with Crippen molar-refractivity contribution in [3.05, 3.63) is 58.9 Å². The van der Waals surface area contributed by atoms with E-state index in [2.05, 4.69) is 47.6 Å². The molecule has 1 heterocycles. The third kappa shape index (κ3) is 5.58. The Bertz CT molecular complexity index is 1060. The minimum absolute atomic E-state index is 0.0778. The van der Waals surface area contributed by atoms with Crippen LogP contribution in [0, 0.1) is 20.8 Å². The molecule has 0 bridgehead atoms. The molecule has 0 unspecified atom stereocenters. The Morgan fingerprint density at radius 3 is 2.65 bits per heavy atom. The Balaban J connectivity index is 1.63. The Morgan fingerprint density at radius 1 is 1.10 bits per heavy atom. The molecule has 3 rings (SSSR count). The van der Waals surface area contributed by atoms with E-state index >= 15 is 0 Å². The fraction of sp³-hybridized carbons (Fsp3) is 0.348. The van der Waals surface area contributed by atoms with Crippen LogP contribution in [0.4, 0.5) is 0 Å². The largest absolute Gasteiger partial charge is 0.493 e. The summed E-state index contributed by atoms with van der Waals surface area (Å²) in [4.78, 5) is 12.4. The molecule has 0 saturated heterocycles. The quantitative estimate of drug-likeness (QED) is 0.507. The Kier molecular flexibility index (Phi) is 7.57. The average Bonchev–Trinajstić information content (AvgIpc) is 3.13. The summed E-state index contributed by atoms with van der Waals surface area (Å²) in [6, 6.07) is 11.9. The first-order valence-electron chi connectivity index (χ1n) is 10.1. The van der Waals surface area contributed by atoms with Gasteiger partial charge in [-0.15, -0.1) is 10.2 Å². The van der Waals surface area contributed by atoms with Crippen LogP contribution in [-0.2, 0) is 11.3 Å². The summed E-state index contributed by atoms with van der Waals surface area (Å²) in [6.07, 6.45) is 0. The predicted octanol–water partition coefficient (Wildman–Crippen LogP) is 4.01. The van der Waals surface area contributed by atoms with Gasteiger partial charge >= 0.3 is 0 Å². The van der Waals surface area contributed by atoms with Gasteiger partial charge in [0.2, 0.25) is 5.91 Å². The number of carbonyl (C=O) groups is 1. The van der Waals surface area contributed by atoms with Gasteiger partial charge in [0.25, 0.3) is 0 Å². The van der Waals surface area contributed by atoms with Gasteiger partial charge in [0.1, 0.15) is 5.82 Å². The van der Waals surface area contributed by atoms with E-state index in [0.29, 0.717) is 29.8 Å². The van der Waals surface area contributed by atoms with Crippen LogP contribution in [0.3, 0.4) is 0 Å². The van der Waals surface area contributed by atoms with Gasteiger partial charge < -0.3 is 14.8 Å². The molecule has 0 spiro atoms. The molecule has 0 radical (unpaired) electrons. The third-order valence-electron chi connectivity index (χ3n) is 4.75. The molecule has 0 fully saturated rings. The highest BCUT2D eigenvalue weighted by atomic mass is 32.2. The first-order valence-corrected chi connectivity index (χ1v) is 11.1. The second kappa shape index (κ2) is 10.3. The number of methoxy groups -OCH3 is 1. The molecule has 3 aromatic rings. The number of amides is 1. The van der Waals surface area contributed by atoms with Gasteiger partial charge in [-0.05, 0) is 62.6 Å². The molecule has 31 heavy (non-hydrogen) atoms. The van der Waals surface area contributed by atoms with Gasteiger partial charge in [-0.1, -0.05) is 30.0 Å². The third-order valence-corrected chi connectivity index (χ3v) is 5.68. The minimum Gasteiger partial charge on any atom is -0.493 e. The Labute approximate surface area is 187 Å². The van der Waals surface area contributed by atoms with Gasteiger partial charge in [0.15, 0.2) is 16.7 Å². The fourth-order valence-electron chi connectivity index (χ4n) is 3.15. The monoisotopic (exact) mass is 440 g/mol. The van der Waals surface area contributed by atoms with Gasteiger partial charge in [-0.2, -0.15) is 0 Å². The van der Waals surface area contributed by atoms with Crippen LogP contribution in [-0.4, -0.2) is 40.1 Å². The molecular weight excluding hydrogens is 412 g/mol. The van der Waals surface area contributed by atoms with Gasteiger partial charge in [-0.25, -0.2) is 0 Å². The summed E-state index contributed by atoms with van der Waals surface area (Å²) in [5.74, 6) is 2.30. The molecule has 1 amide bonds. The van der Waals surface area contributed by atoms with Crippen LogP contribution in [0.5, 0.6) is 11.5 Å². The van der Waals surface area contributed by atoms with Crippen molar-refractivity contribution in [2.45, 2.75) is 39.4 Å². The summed E-state index contributed by atoms with van der Waals surface area (Å²) in [5, 5.41) is 12.1. The summed E-state index contributed by atoms with van der Waals surface area (Å²) in [7, 11) is 1.60. The molecule has 0 aliphatic carbocycles. The van der Waals surface area contributed by atoms with Crippen LogP contribution < -0.4 is 14.8 Å². The second-order valence-electron chi connectivity index (χ2n) is 7.14. The van der Waals surface area contributed by atoms with Gasteiger partial charge in [-0.3, -0.25) is 9.36 Å². The van der Waals surface area contributed by atoms with E-state index in [1.54, 1.807) is 7.11 Å². The van der Waals surface area contributed by atoms with E-state index in [1.807, 2.05) is 36.6 Å². The molecule has 0 atom stereocenters. The van der Waals surface area contributed by atoms with E-state index in [-0.39, 0.29) is 11.7 Å². The number of aryl methyl sites for hydroxylation is 3. The molecular formula is C23H28N4O3S. The molecule has 8 heteroatoms. The fourth-order valence-corrected chi connectivity index (χ4v) is 3.97. The van der Waals surface area contributed by atoms with E-state index in [0.717, 1.165) is 28.2 Å². The summed E-state index contributed by atoms with van der Waals surface area (Å²) in [6.45, 7) is 8.92. The SMILES string of the molecule is CCOc1ccc(CNC(=O)CSc2nnc(C)n2-c2cc(C)ccc2C)cc1OC. The number of thioether (sulfide) groups is 1. The normalized spacial score (nSPS) is 10.7. The first kappa shape index (κ1) is 22.7. The maximum atomic E-state index is 12.4. The molecule has 164 valence electrons. The topological polar surface area (TPSA) is 78.3 Å². The number of ether oxygens (including phenoxy) is 2. The lowest BCUT2D eigenvalue weighted by atomic mass is 10.1. The lowest BCUT2D eigenvalue weighted by molar-refractivity contribution is -0.118. The molecule has 1 N–H and O–H groups in total. The lowest BCUT2D eigenvalue weighted by Crippen LogP contribution is -2.24. The zero-order valence-corrected chi connectivity index (χ0v) is 19.4. The van der Waals surface area contributed by atoms with Crippen molar-refractivity contribution in [3.63, 3.8) is 0 Å². The van der Waals surface area contributed by atoms with E-state index in [9.17, 15) is 4.79 Å². The molecule has 0 aliphatic heterocycles. The molecule has 0 aliphatic rings. The van der Waals surface area contributed by atoms with Crippen LogP contribution in [0.2, 0.25) is 0 Å². The van der Waals surface area contributed by atoms with Crippen molar-refractivity contribution in [2.24, 2.45) is 0 Å². The van der Waals surface area contributed by atoms with Crippen molar-refractivity contribution in [1.82, 2.24) is 20.1 Å². The van der Waals surface area contributed by atoms with E-state index in [1.165, 1.54) is 11.8 Å². The number of rotatable bonds is 9. The Hall–Kier alpha value is -3.00. The minimum atomic E-state index is -0.0778. The zero-order chi connectivity index (χ0) is 22.4. The summed E-state index contributed by atoms with van der Waals surface area (Å²) >= 11 is 1.37. The highest BCUT2D eigenvalue weighted by molar-refractivity contribution is 7.99. The number of nitrogens with zero attached hydrogens (tertiary/aromatic N) is 3. The molecule has 7 nitrogen and oxygen atoms in total. The van der Waals surface area contributed by atoms with Crippen LogP contribution in [0.1, 0.15) is 29.4 Å². The van der Waals surface area contributed by atoms with Gasteiger partial charge in [0, 0.05) is 6.54 Å². The maximum absolute atomic E-state index is 12.4. The maximum Gasteiger partial charge on any atom is 0.230 e. The van der Waals surface area contributed by atoms with Crippen molar-refractivity contribution < 1.29 is 14.3 Å². The summed E-state index contributed by atoms with van der Waals surface area (Å²) < 4.78 is 12.9. The van der Waals surface area contributed by atoms with Gasteiger partial charge in [0.05, 0.1) is 25.2 Å². The predicted molar refractivity (Wildman–Crippen MR) is 122 cm³/mol. The van der Waals surface area contributed by atoms with E-state index < -0.39 is 0 Å². The van der Waals surface area contributed by atoms with Crippen molar-refractivity contribution in [2.75, 3.05) is 19.5 Å². The number of hydrogen-bond acceptors (Lipinski definition) is 6. The van der Waals surface area contributed by atoms with Crippen molar-refractivity contribution >= 4 is 17.7 Å². The lowest BCUT2D eigenvalue weighted by Gasteiger charge is -2.13. The number of nitrogens with one attached hydrogen (secondary N) is 1. The smallest absolute Gasteiger partial charge is 0.230 e.